The topological polar surface area (TPSA) is 110 Å². The van der Waals surface area contributed by atoms with Crippen LogP contribution in [0.15, 0.2) is 58.8 Å². The average Bonchev–Trinajstić information content (AvgIpc) is 2.87. The molecule has 0 spiro atoms. The van der Waals surface area contributed by atoms with Gasteiger partial charge in [-0.2, -0.15) is 4.31 Å². The van der Waals surface area contributed by atoms with Crippen molar-refractivity contribution in [3.8, 4) is 28.7 Å². The highest BCUT2D eigenvalue weighted by atomic mass is 35.5. The largest absolute Gasteiger partial charge is 0.481 e. The first-order valence-electron chi connectivity index (χ1n) is 12.1. The van der Waals surface area contributed by atoms with Gasteiger partial charge in [-0.15, -0.1) is 5.92 Å². The van der Waals surface area contributed by atoms with E-state index in [9.17, 15) is 21.6 Å². The van der Waals surface area contributed by atoms with Crippen LogP contribution >= 0.6 is 11.6 Å². The number of nitrogens with one attached hydrogen (secondary N) is 1. The van der Waals surface area contributed by atoms with Gasteiger partial charge in [0.15, 0.2) is 15.5 Å². The molecule has 39 heavy (non-hydrogen) atoms. The van der Waals surface area contributed by atoms with E-state index >= 15 is 4.39 Å². The first kappa shape index (κ1) is 30.6. The molecule has 2 aromatic rings. The molecule has 210 valence electrons. The Morgan fingerprint density at radius 1 is 1.21 bits per heavy atom. The zero-order valence-electron chi connectivity index (χ0n) is 21.8. The number of rotatable bonds is 9. The van der Waals surface area contributed by atoms with Crippen LogP contribution in [0.2, 0.25) is 5.02 Å². The molecule has 0 radical (unpaired) electrons. The molecule has 1 fully saturated rings. The van der Waals surface area contributed by atoms with Crippen molar-refractivity contribution < 1.29 is 30.8 Å². The summed E-state index contributed by atoms with van der Waals surface area (Å²) in [6.07, 6.45) is 1.54. The number of ether oxygens (including phenoxy) is 1. The van der Waals surface area contributed by atoms with Crippen LogP contribution in [0.3, 0.4) is 0 Å². The van der Waals surface area contributed by atoms with E-state index in [-0.39, 0.29) is 37.4 Å². The fraction of sp³-hybridized carbons (Fsp3) is 0.370. The van der Waals surface area contributed by atoms with Gasteiger partial charge in [0, 0.05) is 54.2 Å². The Morgan fingerprint density at radius 2 is 1.90 bits per heavy atom. The highest BCUT2D eigenvalue weighted by molar-refractivity contribution is 7.93. The van der Waals surface area contributed by atoms with E-state index in [2.05, 4.69) is 17.2 Å². The first-order chi connectivity index (χ1) is 18.2. The number of sulfonamides is 1. The quantitative estimate of drug-likeness (QED) is 0.439. The fourth-order valence-corrected chi connectivity index (χ4v) is 6.32. The van der Waals surface area contributed by atoms with E-state index in [1.54, 1.807) is 37.3 Å². The van der Waals surface area contributed by atoms with E-state index in [1.807, 2.05) is 0 Å². The number of sulfone groups is 1. The lowest BCUT2D eigenvalue weighted by molar-refractivity contribution is -0.135. The number of piperidine rings is 1. The molecule has 1 N–H and O–H groups in total. The molecule has 1 saturated heterocycles. The highest BCUT2D eigenvalue weighted by Gasteiger charge is 2.44. The number of benzene rings is 2. The second-order valence-electron chi connectivity index (χ2n) is 9.17. The summed E-state index contributed by atoms with van der Waals surface area (Å²) >= 11 is 6.22. The summed E-state index contributed by atoms with van der Waals surface area (Å²) in [5.74, 6) is 5.12. The lowest BCUT2D eigenvalue weighted by Crippen LogP contribution is -2.53. The molecule has 12 heteroatoms. The first-order valence-corrected chi connectivity index (χ1v) is 15.8. The van der Waals surface area contributed by atoms with Gasteiger partial charge in [0.25, 0.3) is 5.91 Å². The molecule has 1 aliphatic rings. The molecule has 1 amide bonds. The van der Waals surface area contributed by atoms with Gasteiger partial charge in [-0.1, -0.05) is 35.7 Å². The van der Waals surface area contributed by atoms with Crippen LogP contribution in [0.1, 0.15) is 26.7 Å². The van der Waals surface area contributed by atoms with Gasteiger partial charge in [-0.25, -0.2) is 21.2 Å². The summed E-state index contributed by atoms with van der Waals surface area (Å²) in [4.78, 5) is 12.6. The van der Waals surface area contributed by atoms with Crippen molar-refractivity contribution in [2.45, 2.75) is 43.3 Å². The van der Waals surface area contributed by atoms with Gasteiger partial charge in [0.05, 0.1) is 4.90 Å². The number of alkyl halides is 1. The highest BCUT2D eigenvalue weighted by Crippen LogP contribution is 2.36. The number of hydrogen-bond acceptors (Lipinski definition) is 6. The predicted molar refractivity (Wildman–Crippen MR) is 149 cm³/mol. The van der Waals surface area contributed by atoms with Crippen LogP contribution < -0.4 is 10.1 Å². The third kappa shape index (κ3) is 8.05. The maximum Gasteiger partial charge on any atom is 0.258 e. The van der Waals surface area contributed by atoms with E-state index < -0.39 is 37.5 Å². The molecular weight excluding hydrogens is 567 g/mol. The Bertz CT molecular complexity index is 1520. The molecule has 1 atom stereocenters. The molecule has 1 aliphatic heterocycles. The minimum atomic E-state index is -4.08. The number of carbonyl (C=O) groups excluding carboxylic acids is 1. The summed E-state index contributed by atoms with van der Waals surface area (Å²) in [6, 6.07) is 10.6. The monoisotopic (exact) mass is 596 g/mol. The maximum absolute atomic E-state index is 15.5. The zero-order chi connectivity index (χ0) is 28.8. The van der Waals surface area contributed by atoms with Crippen LogP contribution in [0.4, 0.5) is 4.39 Å². The Hall–Kier alpha value is -2.91. The summed E-state index contributed by atoms with van der Waals surface area (Å²) in [6.45, 7) is 2.95. The van der Waals surface area contributed by atoms with Crippen molar-refractivity contribution in [1.82, 2.24) is 9.62 Å². The van der Waals surface area contributed by atoms with Gasteiger partial charge in [0.1, 0.15) is 12.4 Å². The van der Waals surface area contributed by atoms with Gasteiger partial charge in [-0.05, 0) is 49.7 Å². The molecule has 0 aromatic heterocycles. The van der Waals surface area contributed by atoms with Crippen LogP contribution in [0.25, 0.3) is 11.1 Å². The normalized spacial score (nSPS) is 16.7. The van der Waals surface area contributed by atoms with Crippen LogP contribution in [-0.2, 0) is 24.7 Å². The third-order valence-electron chi connectivity index (χ3n) is 6.09. The van der Waals surface area contributed by atoms with Gasteiger partial charge >= 0.3 is 0 Å². The summed E-state index contributed by atoms with van der Waals surface area (Å²) in [5, 5.41) is 3.71. The second-order valence-corrected chi connectivity index (χ2v) is 13.4. The standard InChI is InChI=1S/C27H30ClFN2O6S2/c1-4-5-16-37-23-8-6-7-21(18-23)24-19-22(28)9-10-25(24)39(35,36)31-14-12-27(29,13-15-31)26(32)30-20(2)11-17-38(3,33)34/h6-11,17-20H,12-16H2,1-3H3,(H,30,32)/b17-11-/t20-/m0/s1. The zero-order valence-corrected chi connectivity index (χ0v) is 24.2. The maximum atomic E-state index is 15.5. The van der Waals surface area contributed by atoms with Crippen molar-refractivity contribution in [2.24, 2.45) is 0 Å². The smallest absolute Gasteiger partial charge is 0.258 e. The molecule has 0 saturated carbocycles. The van der Waals surface area contributed by atoms with E-state index in [1.165, 1.54) is 25.1 Å². The van der Waals surface area contributed by atoms with E-state index in [0.717, 1.165) is 16.0 Å². The third-order valence-corrected chi connectivity index (χ3v) is 8.93. The molecule has 1 heterocycles. The van der Waals surface area contributed by atoms with Gasteiger partial charge < -0.3 is 10.1 Å². The van der Waals surface area contributed by atoms with E-state index in [0.29, 0.717) is 21.9 Å². The Labute approximate surface area is 234 Å². The SMILES string of the molecule is CC#CCOc1cccc(-c2cc(Cl)ccc2S(=O)(=O)N2CCC(F)(C(=O)N[C@@H](C)/C=C\S(C)(=O)=O)CC2)c1. The summed E-state index contributed by atoms with van der Waals surface area (Å²) < 4.78 is 72.2. The van der Waals surface area contributed by atoms with Crippen molar-refractivity contribution in [1.29, 1.82) is 0 Å². The molecule has 0 bridgehead atoms. The Balaban J connectivity index is 1.80. The number of hydrogen-bond donors (Lipinski definition) is 1. The van der Waals surface area contributed by atoms with Crippen molar-refractivity contribution in [3.63, 3.8) is 0 Å². The predicted octanol–water partition coefficient (Wildman–Crippen LogP) is 3.96. The minimum absolute atomic E-state index is 0.00672. The van der Waals surface area contributed by atoms with Crippen LogP contribution in [-0.4, -0.2) is 64.7 Å². The summed E-state index contributed by atoms with van der Waals surface area (Å²) in [7, 11) is -7.48. The summed E-state index contributed by atoms with van der Waals surface area (Å²) in [5.41, 5.74) is -1.38. The number of halogens is 2. The molecule has 0 aliphatic carbocycles. The van der Waals surface area contributed by atoms with Crippen LogP contribution in [0, 0.1) is 11.8 Å². The lowest BCUT2D eigenvalue weighted by Gasteiger charge is -2.35. The fourth-order valence-electron chi connectivity index (χ4n) is 3.99. The number of nitrogens with zero attached hydrogens (tertiary/aromatic N) is 1. The van der Waals surface area contributed by atoms with Gasteiger partial charge in [-0.3, -0.25) is 4.79 Å². The molecule has 0 unspecified atom stereocenters. The number of amides is 1. The molecular formula is C27H30ClFN2O6S2. The van der Waals surface area contributed by atoms with Crippen molar-refractivity contribution >= 4 is 37.4 Å². The Morgan fingerprint density at radius 3 is 2.54 bits per heavy atom. The van der Waals surface area contributed by atoms with Gasteiger partial charge in [0.2, 0.25) is 10.0 Å². The minimum Gasteiger partial charge on any atom is -0.481 e. The van der Waals surface area contributed by atoms with Crippen molar-refractivity contribution in [2.75, 3.05) is 26.0 Å². The lowest BCUT2D eigenvalue weighted by atomic mass is 9.93. The second kappa shape index (κ2) is 12.5. The molecule has 2 aromatic carbocycles. The molecule has 8 nitrogen and oxygen atoms in total. The van der Waals surface area contributed by atoms with Crippen molar-refractivity contribution in [3.05, 3.63) is 59.0 Å². The van der Waals surface area contributed by atoms with Crippen LogP contribution in [0.5, 0.6) is 5.75 Å². The number of carbonyl (C=O) groups is 1. The van der Waals surface area contributed by atoms with E-state index in [4.69, 9.17) is 16.3 Å². The Kier molecular flexibility index (Phi) is 9.83. The average molecular weight is 597 g/mol. The molecule has 3 rings (SSSR count).